The third kappa shape index (κ3) is 4.87. The van der Waals surface area contributed by atoms with Crippen LogP contribution in [0.4, 0.5) is 0 Å². The van der Waals surface area contributed by atoms with E-state index in [4.69, 9.17) is 19.2 Å². The molecule has 0 unspecified atom stereocenters. The minimum Gasteiger partial charge on any atom is -0.495 e. The molecule has 1 heterocycles. The van der Waals surface area contributed by atoms with Gasteiger partial charge in [0.05, 0.1) is 21.9 Å². The summed E-state index contributed by atoms with van der Waals surface area (Å²) in [4.78, 5) is 4.74. The van der Waals surface area contributed by atoms with Crippen LogP contribution in [0.3, 0.4) is 0 Å². The summed E-state index contributed by atoms with van der Waals surface area (Å²) in [5, 5.41) is 1.04. The molecule has 0 bridgehead atoms. The van der Waals surface area contributed by atoms with Crippen LogP contribution in [0.1, 0.15) is 31.0 Å². The van der Waals surface area contributed by atoms with Crippen molar-refractivity contribution in [3.05, 3.63) is 57.3 Å². The standard InChI is InChI=1S/C23H26INO3/c1-4-5-9-17-14-19-20(25-16(2)22(24)23(19)26-3)15-21(17)28-13-12-27-18-10-7-6-8-11-18/h6-8,10-11,14-15H,4-5,9,12-13H2,1-3H3. The number of aryl methyl sites for hydroxylation is 2. The van der Waals surface area contributed by atoms with Crippen molar-refractivity contribution in [2.45, 2.75) is 33.1 Å². The van der Waals surface area contributed by atoms with Crippen molar-refractivity contribution in [2.75, 3.05) is 20.3 Å². The van der Waals surface area contributed by atoms with Crippen LogP contribution in [0.15, 0.2) is 42.5 Å². The predicted octanol–water partition coefficient (Wildman–Crippen LogP) is 5.96. The number of rotatable bonds is 9. The number of benzene rings is 2. The first-order chi connectivity index (χ1) is 13.6. The van der Waals surface area contributed by atoms with E-state index in [2.05, 4.69) is 35.6 Å². The number of aromatic nitrogens is 1. The minimum atomic E-state index is 0.486. The van der Waals surface area contributed by atoms with Gasteiger partial charge in [0, 0.05) is 11.5 Å². The predicted molar refractivity (Wildman–Crippen MR) is 122 cm³/mol. The monoisotopic (exact) mass is 491 g/mol. The number of fused-ring (bicyclic) bond motifs is 1. The van der Waals surface area contributed by atoms with Gasteiger partial charge < -0.3 is 14.2 Å². The van der Waals surface area contributed by atoms with Crippen LogP contribution in [0.5, 0.6) is 17.2 Å². The van der Waals surface area contributed by atoms with Crippen molar-refractivity contribution in [2.24, 2.45) is 0 Å². The van der Waals surface area contributed by atoms with Gasteiger partial charge in [0.15, 0.2) is 0 Å². The maximum atomic E-state index is 6.10. The van der Waals surface area contributed by atoms with Gasteiger partial charge in [-0.1, -0.05) is 31.5 Å². The lowest BCUT2D eigenvalue weighted by atomic mass is 10.0. The van der Waals surface area contributed by atoms with Crippen LogP contribution in [-0.4, -0.2) is 25.3 Å². The third-order valence-corrected chi connectivity index (χ3v) is 5.86. The Kier molecular flexibility index (Phi) is 7.36. The van der Waals surface area contributed by atoms with E-state index in [0.29, 0.717) is 13.2 Å². The van der Waals surface area contributed by atoms with Crippen molar-refractivity contribution in [3.63, 3.8) is 0 Å². The summed E-state index contributed by atoms with van der Waals surface area (Å²) in [6.45, 7) is 5.18. The fourth-order valence-electron chi connectivity index (χ4n) is 3.12. The molecular weight excluding hydrogens is 465 g/mol. The van der Waals surface area contributed by atoms with E-state index in [1.54, 1.807) is 7.11 Å². The van der Waals surface area contributed by atoms with E-state index in [1.165, 1.54) is 5.56 Å². The van der Waals surface area contributed by atoms with Gasteiger partial charge in [-0.3, -0.25) is 4.98 Å². The molecule has 0 spiro atoms. The van der Waals surface area contributed by atoms with E-state index in [-0.39, 0.29) is 0 Å². The quantitative estimate of drug-likeness (QED) is 0.274. The third-order valence-electron chi connectivity index (χ3n) is 4.59. The molecule has 3 rings (SSSR count). The number of halogens is 1. The summed E-state index contributed by atoms with van der Waals surface area (Å²) < 4.78 is 18.6. The lowest BCUT2D eigenvalue weighted by molar-refractivity contribution is 0.216. The maximum absolute atomic E-state index is 6.10. The van der Waals surface area contributed by atoms with Gasteiger partial charge >= 0.3 is 0 Å². The smallest absolute Gasteiger partial charge is 0.143 e. The second-order valence-electron chi connectivity index (χ2n) is 6.64. The number of unbranched alkanes of at least 4 members (excludes halogenated alkanes) is 1. The number of hydrogen-bond acceptors (Lipinski definition) is 4. The van der Waals surface area contributed by atoms with Crippen LogP contribution in [-0.2, 0) is 6.42 Å². The molecule has 0 radical (unpaired) electrons. The maximum Gasteiger partial charge on any atom is 0.143 e. The fraction of sp³-hybridized carbons (Fsp3) is 0.348. The molecule has 0 saturated carbocycles. The second-order valence-corrected chi connectivity index (χ2v) is 7.71. The first kappa shape index (κ1) is 20.7. The largest absolute Gasteiger partial charge is 0.495 e. The zero-order valence-corrected chi connectivity index (χ0v) is 18.8. The van der Waals surface area contributed by atoms with Gasteiger partial charge in [-0.25, -0.2) is 0 Å². The van der Waals surface area contributed by atoms with Crippen molar-refractivity contribution < 1.29 is 14.2 Å². The topological polar surface area (TPSA) is 40.6 Å². The molecule has 0 amide bonds. The second kappa shape index (κ2) is 9.96. The number of methoxy groups -OCH3 is 1. The Balaban J connectivity index is 1.83. The van der Waals surface area contributed by atoms with Crippen LogP contribution >= 0.6 is 22.6 Å². The van der Waals surface area contributed by atoms with Crippen LogP contribution in [0.25, 0.3) is 10.9 Å². The highest BCUT2D eigenvalue weighted by molar-refractivity contribution is 14.1. The molecule has 4 nitrogen and oxygen atoms in total. The van der Waals surface area contributed by atoms with E-state index < -0.39 is 0 Å². The summed E-state index contributed by atoms with van der Waals surface area (Å²) in [5.41, 5.74) is 3.05. The molecular formula is C23H26INO3. The number of ether oxygens (including phenoxy) is 3. The highest BCUT2D eigenvalue weighted by atomic mass is 127. The lowest BCUT2D eigenvalue weighted by Gasteiger charge is -2.16. The fourth-order valence-corrected chi connectivity index (χ4v) is 3.76. The molecule has 0 N–H and O–H groups in total. The Morgan fingerprint density at radius 2 is 1.79 bits per heavy atom. The van der Waals surface area contributed by atoms with Gasteiger partial charge in [0.2, 0.25) is 0 Å². The van der Waals surface area contributed by atoms with Gasteiger partial charge in [-0.05, 0) is 66.1 Å². The first-order valence-electron chi connectivity index (χ1n) is 9.61. The number of nitrogens with zero attached hydrogens (tertiary/aromatic N) is 1. The number of hydrogen-bond donors (Lipinski definition) is 0. The number of para-hydroxylation sites is 1. The summed E-state index contributed by atoms with van der Waals surface area (Å²) in [5.74, 6) is 2.63. The van der Waals surface area contributed by atoms with Crippen molar-refractivity contribution in [1.82, 2.24) is 4.98 Å². The van der Waals surface area contributed by atoms with Crippen LogP contribution in [0, 0.1) is 10.5 Å². The SMILES string of the molecule is CCCCc1cc2c(OC)c(I)c(C)nc2cc1OCCOc1ccccc1. The molecule has 0 fully saturated rings. The van der Waals surface area contributed by atoms with Crippen molar-refractivity contribution >= 4 is 33.5 Å². The van der Waals surface area contributed by atoms with E-state index in [1.807, 2.05) is 43.3 Å². The molecule has 0 aliphatic rings. The summed E-state index contributed by atoms with van der Waals surface area (Å²) in [6.07, 6.45) is 3.21. The number of pyridine rings is 1. The molecule has 148 valence electrons. The van der Waals surface area contributed by atoms with Gasteiger partial charge in [0.1, 0.15) is 30.5 Å². The zero-order valence-electron chi connectivity index (χ0n) is 16.6. The van der Waals surface area contributed by atoms with Crippen molar-refractivity contribution in [3.8, 4) is 17.2 Å². The molecule has 28 heavy (non-hydrogen) atoms. The first-order valence-corrected chi connectivity index (χ1v) is 10.7. The Hall–Kier alpha value is -2.02. The van der Waals surface area contributed by atoms with Gasteiger partial charge in [0.25, 0.3) is 0 Å². The molecule has 0 atom stereocenters. The average Bonchev–Trinajstić information content (AvgIpc) is 2.71. The molecule has 3 aromatic rings. The average molecular weight is 491 g/mol. The molecule has 0 aliphatic heterocycles. The molecule has 1 aromatic heterocycles. The Morgan fingerprint density at radius 3 is 2.50 bits per heavy atom. The molecule has 5 heteroatoms. The summed E-state index contributed by atoms with van der Waals surface area (Å²) in [6, 6.07) is 14.0. The van der Waals surface area contributed by atoms with Crippen molar-refractivity contribution in [1.29, 1.82) is 0 Å². The van der Waals surface area contributed by atoms with Gasteiger partial charge in [-0.2, -0.15) is 0 Å². The van der Waals surface area contributed by atoms with E-state index in [0.717, 1.165) is 56.7 Å². The molecule has 2 aromatic carbocycles. The summed E-state index contributed by atoms with van der Waals surface area (Å²) in [7, 11) is 1.72. The highest BCUT2D eigenvalue weighted by Gasteiger charge is 2.15. The Labute approximate surface area is 180 Å². The highest BCUT2D eigenvalue weighted by Crippen LogP contribution is 2.36. The van der Waals surface area contributed by atoms with Gasteiger partial charge in [-0.15, -0.1) is 0 Å². The van der Waals surface area contributed by atoms with E-state index >= 15 is 0 Å². The Bertz CT molecular complexity index is 928. The normalized spacial score (nSPS) is 10.9. The molecule has 0 saturated heterocycles. The molecule has 0 aliphatic carbocycles. The lowest BCUT2D eigenvalue weighted by Crippen LogP contribution is -2.10. The zero-order chi connectivity index (χ0) is 19.9. The van der Waals surface area contributed by atoms with Crippen LogP contribution < -0.4 is 14.2 Å². The minimum absolute atomic E-state index is 0.486. The van der Waals surface area contributed by atoms with Crippen LogP contribution in [0.2, 0.25) is 0 Å². The summed E-state index contributed by atoms with van der Waals surface area (Å²) >= 11 is 2.30. The Morgan fingerprint density at radius 1 is 1.04 bits per heavy atom. The van der Waals surface area contributed by atoms with E-state index in [9.17, 15) is 0 Å².